The summed E-state index contributed by atoms with van der Waals surface area (Å²) in [6.07, 6.45) is -0.721. The van der Waals surface area contributed by atoms with E-state index in [1.54, 1.807) is 38.1 Å². The molecule has 0 atom stereocenters. The van der Waals surface area contributed by atoms with E-state index >= 15 is 0 Å². The summed E-state index contributed by atoms with van der Waals surface area (Å²) in [5.74, 6) is 0. The van der Waals surface area contributed by atoms with Crippen molar-refractivity contribution in [3.05, 3.63) is 40.8 Å². The third-order valence-corrected chi connectivity index (χ3v) is 5.01. The first-order chi connectivity index (χ1) is 12.8. The topological polar surface area (TPSA) is 64.6 Å². The number of hydrogen-bond acceptors (Lipinski definition) is 5. The van der Waals surface area contributed by atoms with E-state index in [9.17, 15) is 21.6 Å². The van der Waals surface area contributed by atoms with Crippen molar-refractivity contribution in [3.63, 3.8) is 0 Å². The fourth-order valence-electron chi connectivity index (χ4n) is 2.31. The van der Waals surface area contributed by atoms with Gasteiger partial charge in [-0.2, -0.15) is 13.2 Å². The van der Waals surface area contributed by atoms with Crippen LogP contribution < -0.4 is 5.32 Å². The van der Waals surface area contributed by atoms with Gasteiger partial charge in [0.05, 0.1) is 17.6 Å². The van der Waals surface area contributed by atoms with Crippen LogP contribution in [0.5, 0.6) is 0 Å². The summed E-state index contributed by atoms with van der Waals surface area (Å²) >= 11 is 0. The Morgan fingerprint density at radius 1 is 1.07 bits per heavy atom. The van der Waals surface area contributed by atoms with Gasteiger partial charge >= 0.3 is 5.51 Å². The van der Waals surface area contributed by atoms with E-state index < -0.39 is 21.6 Å². The second-order valence-corrected chi connectivity index (χ2v) is 8.86. The van der Waals surface area contributed by atoms with Gasteiger partial charge in [0.15, 0.2) is 6.29 Å². The number of sulfone groups is 1. The van der Waals surface area contributed by atoms with E-state index in [1.165, 1.54) is 0 Å². The second-order valence-electron chi connectivity index (χ2n) is 7.07. The Kier molecular flexibility index (Phi) is 8.52. The lowest BCUT2D eigenvalue weighted by Crippen LogP contribution is -2.31. The molecule has 0 unspecified atom stereocenters. The fourth-order valence-corrected chi connectivity index (χ4v) is 2.98. The zero-order valence-corrected chi connectivity index (χ0v) is 17.6. The molecule has 160 valence electrons. The van der Waals surface area contributed by atoms with Gasteiger partial charge in [0, 0.05) is 13.2 Å². The SMILES string of the molecule is CCOC(CN/C(=C\S(=O)(=O)C(F)(F)F)c1ccc(C(C)(C)C)cc1)OCC. The number of nitrogens with one attached hydrogen (secondary N) is 1. The number of benzene rings is 1. The molecule has 0 heterocycles. The van der Waals surface area contributed by atoms with Gasteiger partial charge < -0.3 is 14.8 Å². The van der Waals surface area contributed by atoms with Crippen molar-refractivity contribution in [1.82, 2.24) is 5.32 Å². The first-order valence-corrected chi connectivity index (χ1v) is 10.5. The lowest BCUT2D eigenvalue weighted by molar-refractivity contribution is -0.131. The summed E-state index contributed by atoms with van der Waals surface area (Å²) in [7, 11) is -5.46. The first kappa shape index (κ1) is 24.5. The van der Waals surface area contributed by atoms with Gasteiger partial charge in [-0.1, -0.05) is 45.0 Å². The molecule has 28 heavy (non-hydrogen) atoms. The fraction of sp³-hybridized carbons (Fsp3) is 0.579. The van der Waals surface area contributed by atoms with Crippen LogP contribution in [-0.4, -0.2) is 40.0 Å². The van der Waals surface area contributed by atoms with Crippen molar-refractivity contribution in [2.24, 2.45) is 0 Å². The van der Waals surface area contributed by atoms with Crippen LogP contribution in [0.1, 0.15) is 45.7 Å². The minimum absolute atomic E-state index is 0.0120. The van der Waals surface area contributed by atoms with E-state index in [0.29, 0.717) is 18.8 Å². The van der Waals surface area contributed by atoms with E-state index in [2.05, 4.69) is 5.32 Å². The van der Waals surface area contributed by atoms with Gasteiger partial charge in [-0.05, 0) is 30.4 Å². The molecule has 0 fully saturated rings. The summed E-state index contributed by atoms with van der Waals surface area (Å²) in [5, 5.41) is 2.93. The van der Waals surface area contributed by atoms with Crippen molar-refractivity contribution in [1.29, 1.82) is 0 Å². The van der Waals surface area contributed by atoms with E-state index in [4.69, 9.17) is 9.47 Å². The normalized spacial score (nSPS) is 13.8. The average molecular weight is 423 g/mol. The Labute approximate surface area is 164 Å². The van der Waals surface area contributed by atoms with Crippen molar-refractivity contribution >= 4 is 15.5 Å². The summed E-state index contributed by atoms with van der Waals surface area (Å²) in [6.45, 7) is 10.2. The first-order valence-electron chi connectivity index (χ1n) is 8.92. The molecule has 5 nitrogen and oxygen atoms in total. The molecule has 0 saturated carbocycles. The van der Waals surface area contributed by atoms with Crippen LogP contribution >= 0.6 is 0 Å². The van der Waals surface area contributed by atoms with Crippen LogP contribution in [0.25, 0.3) is 5.70 Å². The Morgan fingerprint density at radius 3 is 1.96 bits per heavy atom. The van der Waals surface area contributed by atoms with Crippen molar-refractivity contribution in [2.75, 3.05) is 19.8 Å². The largest absolute Gasteiger partial charge is 0.501 e. The molecule has 0 aromatic heterocycles. The number of alkyl halides is 3. The van der Waals surface area contributed by atoms with Gasteiger partial charge in [0.25, 0.3) is 9.84 Å². The Bertz CT molecular complexity index is 745. The molecule has 0 spiro atoms. The van der Waals surface area contributed by atoms with E-state index in [-0.39, 0.29) is 23.1 Å². The van der Waals surface area contributed by atoms with Gasteiger partial charge in [0.2, 0.25) is 0 Å². The molecule has 0 aliphatic carbocycles. The molecule has 0 amide bonds. The highest BCUT2D eigenvalue weighted by molar-refractivity contribution is 7.95. The highest BCUT2D eigenvalue weighted by atomic mass is 32.2. The van der Waals surface area contributed by atoms with Gasteiger partial charge in [0.1, 0.15) is 0 Å². The van der Waals surface area contributed by atoms with Crippen LogP contribution in [0.15, 0.2) is 29.7 Å². The summed E-state index contributed by atoms with van der Waals surface area (Å²) in [5.41, 5.74) is -4.43. The molecule has 0 saturated heterocycles. The van der Waals surface area contributed by atoms with Crippen LogP contribution in [0.4, 0.5) is 13.2 Å². The minimum atomic E-state index is -5.46. The third-order valence-electron chi connectivity index (χ3n) is 3.82. The van der Waals surface area contributed by atoms with Crippen LogP contribution in [-0.2, 0) is 24.7 Å². The quantitative estimate of drug-likeness (QED) is 0.603. The predicted molar refractivity (Wildman–Crippen MR) is 103 cm³/mol. The zero-order valence-electron chi connectivity index (χ0n) is 16.8. The average Bonchev–Trinajstić information content (AvgIpc) is 2.57. The molecule has 0 radical (unpaired) electrons. The Hall–Kier alpha value is -1.58. The summed E-state index contributed by atoms with van der Waals surface area (Å²) < 4.78 is 72.6. The van der Waals surface area contributed by atoms with Gasteiger partial charge in [-0.25, -0.2) is 8.42 Å². The number of rotatable bonds is 9. The third kappa shape index (κ3) is 7.10. The number of halogens is 3. The molecule has 1 aromatic rings. The van der Waals surface area contributed by atoms with Crippen molar-refractivity contribution < 1.29 is 31.1 Å². The van der Waals surface area contributed by atoms with Gasteiger partial charge in [-0.15, -0.1) is 0 Å². The Morgan fingerprint density at radius 2 is 1.57 bits per heavy atom. The molecular formula is C19H28F3NO4S. The molecule has 1 aromatic carbocycles. The van der Waals surface area contributed by atoms with Gasteiger partial charge in [-0.3, -0.25) is 0 Å². The van der Waals surface area contributed by atoms with Crippen LogP contribution in [0, 0.1) is 0 Å². The van der Waals surface area contributed by atoms with Crippen LogP contribution in [0.3, 0.4) is 0 Å². The lowest BCUT2D eigenvalue weighted by atomic mass is 9.86. The maximum atomic E-state index is 12.9. The lowest BCUT2D eigenvalue weighted by Gasteiger charge is -2.21. The van der Waals surface area contributed by atoms with E-state index in [0.717, 1.165) is 5.56 Å². The molecule has 0 aliphatic rings. The van der Waals surface area contributed by atoms with Crippen LogP contribution in [0.2, 0.25) is 0 Å². The smallest absolute Gasteiger partial charge is 0.379 e. The zero-order chi connectivity index (χ0) is 21.6. The molecule has 1 N–H and O–H groups in total. The molecule has 0 bridgehead atoms. The monoisotopic (exact) mass is 423 g/mol. The minimum Gasteiger partial charge on any atom is -0.379 e. The molecule has 0 aliphatic heterocycles. The molecule has 9 heteroatoms. The van der Waals surface area contributed by atoms with Crippen molar-refractivity contribution in [2.45, 2.75) is 51.8 Å². The second kappa shape index (κ2) is 9.76. The maximum Gasteiger partial charge on any atom is 0.501 e. The van der Waals surface area contributed by atoms with E-state index in [1.807, 2.05) is 20.8 Å². The summed E-state index contributed by atoms with van der Waals surface area (Å²) in [4.78, 5) is 0. The number of ether oxygens (including phenoxy) is 2. The Balaban J connectivity index is 3.25. The number of hydrogen-bond donors (Lipinski definition) is 1. The highest BCUT2D eigenvalue weighted by Gasteiger charge is 2.44. The molecular weight excluding hydrogens is 395 g/mol. The standard InChI is InChI=1S/C19H28F3NO4S/c1-6-26-17(27-7-2)12-23-16(13-28(24,25)19(20,21)22)14-8-10-15(11-9-14)18(3,4)5/h8-11,13,17,23H,6-7,12H2,1-5H3/b16-13-. The predicted octanol–water partition coefficient (Wildman–Crippen LogP) is 4.21. The maximum absolute atomic E-state index is 12.9. The summed E-state index contributed by atoms with van der Waals surface area (Å²) in [6, 6.07) is 6.69. The van der Waals surface area contributed by atoms with Crippen molar-refractivity contribution in [3.8, 4) is 0 Å². The molecule has 1 rings (SSSR count). The highest BCUT2D eigenvalue weighted by Crippen LogP contribution is 2.28.